The summed E-state index contributed by atoms with van der Waals surface area (Å²) in [5.74, 6) is 0.927. The number of hydrogen-bond donors (Lipinski definition) is 1. The van der Waals surface area contributed by atoms with Crippen molar-refractivity contribution in [2.75, 3.05) is 0 Å². The number of hydrogen-bond acceptors (Lipinski definition) is 3. The van der Waals surface area contributed by atoms with E-state index in [1.165, 1.54) is 11.1 Å². The van der Waals surface area contributed by atoms with Gasteiger partial charge < -0.3 is 10.1 Å². The van der Waals surface area contributed by atoms with Gasteiger partial charge in [-0.15, -0.1) is 0 Å². The Labute approximate surface area is 114 Å². The Kier molecular flexibility index (Phi) is 4.93. The molecule has 0 spiro atoms. The van der Waals surface area contributed by atoms with Crippen LogP contribution in [-0.2, 0) is 13.1 Å². The number of nitrogens with one attached hydrogen (secondary N) is 1. The van der Waals surface area contributed by atoms with Crippen molar-refractivity contribution >= 4 is 0 Å². The van der Waals surface area contributed by atoms with Crippen molar-refractivity contribution in [1.29, 1.82) is 0 Å². The average Bonchev–Trinajstić information content (AvgIpc) is 2.40. The van der Waals surface area contributed by atoms with Crippen LogP contribution in [0, 0.1) is 0 Å². The molecule has 0 saturated carbocycles. The molecular weight excluding hydrogens is 236 g/mol. The Morgan fingerprint density at radius 3 is 2.63 bits per heavy atom. The first-order valence-electron chi connectivity index (χ1n) is 6.59. The maximum Gasteiger partial charge on any atom is 0.120 e. The van der Waals surface area contributed by atoms with E-state index < -0.39 is 0 Å². The number of ether oxygens (including phenoxy) is 1. The summed E-state index contributed by atoms with van der Waals surface area (Å²) in [5.41, 5.74) is 2.42. The zero-order valence-corrected chi connectivity index (χ0v) is 11.5. The van der Waals surface area contributed by atoms with Crippen LogP contribution in [0.25, 0.3) is 0 Å². The third kappa shape index (κ3) is 4.72. The lowest BCUT2D eigenvalue weighted by Gasteiger charge is -2.11. The van der Waals surface area contributed by atoms with Crippen LogP contribution in [0.4, 0.5) is 0 Å². The fourth-order valence-corrected chi connectivity index (χ4v) is 1.85. The zero-order valence-electron chi connectivity index (χ0n) is 11.5. The molecular formula is C16H20N2O. The number of rotatable bonds is 6. The molecule has 0 radical (unpaired) electrons. The SMILES string of the molecule is CC(C)Oc1cccc(CNCc2cccnc2)c1. The van der Waals surface area contributed by atoms with Gasteiger partial charge in [0.25, 0.3) is 0 Å². The molecule has 3 heteroatoms. The average molecular weight is 256 g/mol. The van der Waals surface area contributed by atoms with Crippen LogP contribution in [0.15, 0.2) is 48.8 Å². The largest absolute Gasteiger partial charge is 0.491 e. The lowest BCUT2D eigenvalue weighted by atomic mass is 10.2. The number of pyridine rings is 1. The van der Waals surface area contributed by atoms with E-state index in [2.05, 4.69) is 28.5 Å². The third-order valence-electron chi connectivity index (χ3n) is 2.65. The molecule has 0 aliphatic heterocycles. The molecule has 3 nitrogen and oxygen atoms in total. The lowest BCUT2D eigenvalue weighted by molar-refractivity contribution is 0.242. The standard InChI is InChI=1S/C16H20N2O/c1-13(2)19-16-7-3-5-14(9-16)10-18-12-15-6-4-8-17-11-15/h3-9,11,13,18H,10,12H2,1-2H3. The molecule has 0 aliphatic carbocycles. The normalized spacial score (nSPS) is 10.7. The zero-order chi connectivity index (χ0) is 13.5. The first-order valence-corrected chi connectivity index (χ1v) is 6.59. The van der Waals surface area contributed by atoms with Crippen molar-refractivity contribution in [3.8, 4) is 5.75 Å². The van der Waals surface area contributed by atoms with Gasteiger partial charge in [-0.05, 0) is 43.2 Å². The molecule has 1 N–H and O–H groups in total. The quantitative estimate of drug-likeness (QED) is 0.862. The molecule has 0 fully saturated rings. The second-order valence-electron chi connectivity index (χ2n) is 4.78. The van der Waals surface area contributed by atoms with Gasteiger partial charge in [0.1, 0.15) is 5.75 Å². The molecule has 0 aliphatic rings. The van der Waals surface area contributed by atoms with Crippen LogP contribution >= 0.6 is 0 Å². The van der Waals surface area contributed by atoms with E-state index in [0.29, 0.717) is 0 Å². The molecule has 100 valence electrons. The first-order chi connectivity index (χ1) is 9.24. The van der Waals surface area contributed by atoms with E-state index in [1.807, 2.05) is 38.2 Å². The van der Waals surface area contributed by atoms with Gasteiger partial charge >= 0.3 is 0 Å². The summed E-state index contributed by atoms with van der Waals surface area (Å²) in [6.07, 6.45) is 3.88. The van der Waals surface area contributed by atoms with Crippen LogP contribution in [0.5, 0.6) is 5.75 Å². The van der Waals surface area contributed by atoms with Crippen LogP contribution < -0.4 is 10.1 Å². The Balaban J connectivity index is 1.86. The molecule has 0 amide bonds. The van der Waals surface area contributed by atoms with Crippen molar-refractivity contribution in [2.45, 2.75) is 33.0 Å². The van der Waals surface area contributed by atoms with Crippen molar-refractivity contribution < 1.29 is 4.74 Å². The Morgan fingerprint density at radius 1 is 1.11 bits per heavy atom. The molecule has 1 heterocycles. The maximum absolute atomic E-state index is 5.68. The minimum atomic E-state index is 0.207. The van der Waals surface area contributed by atoms with Gasteiger partial charge in [0.2, 0.25) is 0 Å². The summed E-state index contributed by atoms with van der Waals surface area (Å²) in [5, 5.41) is 3.40. The van der Waals surface area contributed by atoms with Crippen molar-refractivity contribution in [3.05, 3.63) is 59.9 Å². The van der Waals surface area contributed by atoms with Crippen molar-refractivity contribution in [1.82, 2.24) is 10.3 Å². The van der Waals surface area contributed by atoms with Crippen molar-refractivity contribution in [3.63, 3.8) is 0 Å². The summed E-state index contributed by atoms with van der Waals surface area (Å²) < 4.78 is 5.68. The fraction of sp³-hybridized carbons (Fsp3) is 0.312. The van der Waals surface area contributed by atoms with E-state index >= 15 is 0 Å². The summed E-state index contributed by atoms with van der Waals surface area (Å²) in [7, 11) is 0. The number of nitrogens with zero attached hydrogens (tertiary/aromatic N) is 1. The molecule has 1 aromatic carbocycles. The number of benzene rings is 1. The lowest BCUT2D eigenvalue weighted by Crippen LogP contribution is -2.13. The smallest absolute Gasteiger partial charge is 0.120 e. The van der Waals surface area contributed by atoms with Gasteiger partial charge in [-0.25, -0.2) is 0 Å². The molecule has 0 atom stereocenters. The van der Waals surface area contributed by atoms with Crippen LogP contribution in [0.3, 0.4) is 0 Å². The second-order valence-corrected chi connectivity index (χ2v) is 4.78. The monoisotopic (exact) mass is 256 g/mol. The highest BCUT2D eigenvalue weighted by atomic mass is 16.5. The Hall–Kier alpha value is -1.87. The molecule has 0 bridgehead atoms. The summed E-state index contributed by atoms with van der Waals surface area (Å²) >= 11 is 0. The maximum atomic E-state index is 5.68. The Bertz CT molecular complexity index is 497. The minimum Gasteiger partial charge on any atom is -0.491 e. The molecule has 19 heavy (non-hydrogen) atoms. The molecule has 1 aromatic heterocycles. The van der Waals surface area contributed by atoms with Gasteiger partial charge in [0, 0.05) is 25.5 Å². The van der Waals surface area contributed by atoms with Gasteiger partial charge in [0.15, 0.2) is 0 Å². The van der Waals surface area contributed by atoms with E-state index in [9.17, 15) is 0 Å². The first kappa shape index (κ1) is 13.6. The summed E-state index contributed by atoms with van der Waals surface area (Å²) in [6, 6.07) is 12.2. The van der Waals surface area contributed by atoms with Gasteiger partial charge in [-0.1, -0.05) is 18.2 Å². The summed E-state index contributed by atoms with van der Waals surface area (Å²) in [6.45, 7) is 5.72. The second kappa shape index (κ2) is 6.90. The minimum absolute atomic E-state index is 0.207. The van der Waals surface area contributed by atoms with Gasteiger partial charge in [0.05, 0.1) is 6.10 Å². The van der Waals surface area contributed by atoms with E-state index in [4.69, 9.17) is 4.74 Å². The topological polar surface area (TPSA) is 34.1 Å². The van der Waals surface area contributed by atoms with Crippen LogP contribution in [0.1, 0.15) is 25.0 Å². The van der Waals surface area contributed by atoms with Crippen molar-refractivity contribution in [2.24, 2.45) is 0 Å². The highest BCUT2D eigenvalue weighted by Gasteiger charge is 1.99. The number of aromatic nitrogens is 1. The highest BCUT2D eigenvalue weighted by molar-refractivity contribution is 5.28. The summed E-state index contributed by atoms with van der Waals surface area (Å²) in [4.78, 5) is 4.10. The van der Waals surface area contributed by atoms with Crippen LogP contribution in [-0.4, -0.2) is 11.1 Å². The van der Waals surface area contributed by atoms with E-state index in [0.717, 1.165) is 18.8 Å². The van der Waals surface area contributed by atoms with Crippen LogP contribution in [0.2, 0.25) is 0 Å². The molecule has 2 aromatic rings. The predicted octanol–water partition coefficient (Wildman–Crippen LogP) is 3.16. The highest BCUT2D eigenvalue weighted by Crippen LogP contribution is 2.14. The van der Waals surface area contributed by atoms with E-state index in [-0.39, 0.29) is 6.10 Å². The Morgan fingerprint density at radius 2 is 1.89 bits per heavy atom. The molecule has 0 unspecified atom stereocenters. The van der Waals surface area contributed by atoms with Gasteiger partial charge in [-0.3, -0.25) is 4.98 Å². The molecule has 0 saturated heterocycles. The third-order valence-corrected chi connectivity index (χ3v) is 2.65. The molecule has 2 rings (SSSR count). The van der Waals surface area contributed by atoms with Gasteiger partial charge in [-0.2, -0.15) is 0 Å². The van der Waals surface area contributed by atoms with E-state index in [1.54, 1.807) is 6.20 Å². The fourth-order valence-electron chi connectivity index (χ4n) is 1.85. The predicted molar refractivity (Wildman–Crippen MR) is 77.0 cm³/mol.